The van der Waals surface area contributed by atoms with Crippen LogP contribution < -0.4 is 5.32 Å². The first kappa shape index (κ1) is 13.4. The van der Waals surface area contributed by atoms with E-state index in [0.717, 1.165) is 18.6 Å². The highest BCUT2D eigenvalue weighted by Crippen LogP contribution is 2.18. The van der Waals surface area contributed by atoms with Crippen LogP contribution >= 0.6 is 0 Å². The minimum absolute atomic E-state index is 0.0713. The third kappa shape index (κ3) is 3.25. The molecule has 1 amide bonds. The molecule has 2 rings (SSSR count). The molecule has 0 saturated carbocycles. The summed E-state index contributed by atoms with van der Waals surface area (Å²) in [4.78, 5) is 21.4. The monoisotopic (exact) mass is 268 g/mol. The first-order valence-electron chi connectivity index (χ1n) is 5.88. The summed E-state index contributed by atoms with van der Waals surface area (Å²) in [5.41, 5.74) is -0.567. The van der Waals surface area contributed by atoms with Crippen LogP contribution in [0.5, 0.6) is 0 Å². The summed E-state index contributed by atoms with van der Waals surface area (Å²) in [5, 5.41) is 13.1. The van der Waals surface area contributed by atoms with Crippen LogP contribution in [0, 0.1) is 21.8 Å². The van der Waals surface area contributed by atoms with E-state index in [0.29, 0.717) is 19.8 Å². The van der Waals surface area contributed by atoms with Crippen LogP contribution in [0.1, 0.15) is 16.8 Å². The summed E-state index contributed by atoms with van der Waals surface area (Å²) in [5.74, 6) is -1.19. The van der Waals surface area contributed by atoms with E-state index in [4.69, 9.17) is 4.74 Å². The molecule has 1 aliphatic rings. The predicted octanol–water partition coefficient (Wildman–Crippen LogP) is 1.50. The second-order valence-corrected chi connectivity index (χ2v) is 4.36. The van der Waals surface area contributed by atoms with E-state index in [1.165, 1.54) is 6.07 Å². The topological polar surface area (TPSA) is 81.5 Å². The second kappa shape index (κ2) is 5.75. The first-order valence-corrected chi connectivity index (χ1v) is 5.88. The van der Waals surface area contributed by atoms with E-state index in [2.05, 4.69) is 5.32 Å². The number of nitro groups is 1. The lowest BCUT2D eigenvalue weighted by molar-refractivity contribution is -0.387. The Balaban J connectivity index is 1.98. The number of nitrogens with zero attached hydrogens (tertiary/aromatic N) is 1. The molecule has 7 heteroatoms. The summed E-state index contributed by atoms with van der Waals surface area (Å²) in [6, 6.07) is 3.10. The molecule has 1 aromatic rings. The molecule has 1 aliphatic heterocycles. The van der Waals surface area contributed by atoms with Gasteiger partial charge in [0.1, 0.15) is 0 Å². The van der Waals surface area contributed by atoms with Gasteiger partial charge in [-0.05, 0) is 18.6 Å². The van der Waals surface area contributed by atoms with Gasteiger partial charge in [0.05, 0.1) is 11.5 Å². The molecule has 1 atom stereocenters. The number of halogens is 1. The number of carbonyl (C=O) groups is 1. The van der Waals surface area contributed by atoms with Crippen molar-refractivity contribution in [3.8, 4) is 0 Å². The number of nitro benzene ring substituents is 1. The molecule has 1 aromatic carbocycles. The van der Waals surface area contributed by atoms with E-state index in [-0.39, 0.29) is 11.5 Å². The van der Waals surface area contributed by atoms with Crippen molar-refractivity contribution in [2.75, 3.05) is 19.8 Å². The molecule has 1 unspecified atom stereocenters. The molecule has 1 saturated heterocycles. The molecule has 0 spiro atoms. The zero-order valence-corrected chi connectivity index (χ0v) is 10.1. The van der Waals surface area contributed by atoms with Crippen LogP contribution in [-0.4, -0.2) is 30.6 Å². The van der Waals surface area contributed by atoms with E-state index in [1.54, 1.807) is 0 Å². The Labute approximate surface area is 108 Å². The molecule has 0 aromatic heterocycles. The van der Waals surface area contributed by atoms with Gasteiger partial charge >= 0.3 is 5.69 Å². The van der Waals surface area contributed by atoms with E-state index in [9.17, 15) is 19.3 Å². The second-order valence-electron chi connectivity index (χ2n) is 4.36. The molecule has 19 heavy (non-hydrogen) atoms. The largest absolute Gasteiger partial charge is 0.381 e. The van der Waals surface area contributed by atoms with Crippen LogP contribution in [0.15, 0.2) is 18.2 Å². The van der Waals surface area contributed by atoms with Gasteiger partial charge in [0.15, 0.2) is 0 Å². The zero-order chi connectivity index (χ0) is 13.8. The molecule has 0 radical (unpaired) electrons. The summed E-state index contributed by atoms with van der Waals surface area (Å²) < 4.78 is 18.5. The van der Waals surface area contributed by atoms with Crippen LogP contribution in [0.25, 0.3) is 0 Å². The number of hydrogen-bond donors (Lipinski definition) is 1. The van der Waals surface area contributed by atoms with E-state index >= 15 is 0 Å². The van der Waals surface area contributed by atoms with Gasteiger partial charge in [0.2, 0.25) is 5.82 Å². The van der Waals surface area contributed by atoms with Crippen molar-refractivity contribution in [1.29, 1.82) is 0 Å². The fraction of sp³-hybridized carbons (Fsp3) is 0.417. The highest BCUT2D eigenvalue weighted by atomic mass is 19.1. The summed E-state index contributed by atoms with van der Waals surface area (Å²) in [7, 11) is 0. The van der Waals surface area contributed by atoms with Gasteiger partial charge in [-0.15, -0.1) is 0 Å². The number of ether oxygens (including phenoxy) is 1. The molecule has 102 valence electrons. The van der Waals surface area contributed by atoms with Gasteiger partial charge in [0.25, 0.3) is 5.91 Å². The fourth-order valence-corrected chi connectivity index (χ4v) is 1.88. The average Bonchev–Trinajstić information content (AvgIpc) is 2.88. The Hall–Kier alpha value is -2.02. The standard InChI is InChI=1S/C12H13FN2O4/c13-10-5-9(1-2-11(10)15(17)18)12(16)14-6-8-3-4-19-7-8/h1-2,5,8H,3-4,6-7H2,(H,14,16). The van der Waals surface area contributed by atoms with Gasteiger partial charge in [0, 0.05) is 30.7 Å². The number of rotatable bonds is 4. The lowest BCUT2D eigenvalue weighted by Gasteiger charge is -2.09. The number of benzene rings is 1. The highest BCUT2D eigenvalue weighted by Gasteiger charge is 2.19. The van der Waals surface area contributed by atoms with Crippen molar-refractivity contribution in [1.82, 2.24) is 5.32 Å². The highest BCUT2D eigenvalue weighted by molar-refractivity contribution is 5.94. The smallest absolute Gasteiger partial charge is 0.304 e. The number of nitrogens with one attached hydrogen (secondary N) is 1. The van der Waals surface area contributed by atoms with Crippen molar-refractivity contribution in [2.45, 2.75) is 6.42 Å². The normalized spacial score (nSPS) is 18.3. The molecule has 1 heterocycles. The maximum Gasteiger partial charge on any atom is 0.304 e. The minimum Gasteiger partial charge on any atom is -0.381 e. The summed E-state index contributed by atoms with van der Waals surface area (Å²) in [6.45, 7) is 1.75. The number of hydrogen-bond acceptors (Lipinski definition) is 4. The van der Waals surface area contributed by atoms with Crippen molar-refractivity contribution in [2.24, 2.45) is 5.92 Å². The molecule has 6 nitrogen and oxygen atoms in total. The minimum atomic E-state index is -1.01. The Kier molecular flexibility index (Phi) is 4.06. The SMILES string of the molecule is O=C(NCC1CCOC1)c1ccc([N+](=O)[O-])c(F)c1. The average molecular weight is 268 g/mol. The van der Waals surface area contributed by atoms with Crippen molar-refractivity contribution in [3.63, 3.8) is 0 Å². The van der Waals surface area contributed by atoms with Crippen LogP contribution in [0.4, 0.5) is 10.1 Å². The molecular formula is C12H13FN2O4. The summed E-state index contributed by atoms with van der Waals surface area (Å²) in [6.07, 6.45) is 0.884. The van der Waals surface area contributed by atoms with Crippen molar-refractivity contribution >= 4 is 11.6 Å². The van der Waals surface area contributed by atoms with Crippen LogP contribution in [-0.2, 0) is 4.74 Å². The van der Waals surface area contributed by atoms with Crippen LogP contribution in [0.2, 0.25) is 0 Å². The van der Waals surface area contributed by atoms with Gasteiger partial charge in [-0.1, -0.05) is 0 Å². The Morgan fingerprint density at radius 1 is 1.58 bits per heavy atom. The van der Waals surface area contributed by atoms with E-state index in [1.807, 2.05) is 0 Å². The zero-order valence-electron chi connectivity index (χ0n) is 10.1. The third-order valence-electron chi connectivity index (χ3n) is 2.98. The maximum atomic E-state index is 13.4. The Morgan fingerprint density at radius 2 is 2.37 bits per heavy atom. The Bertz CT molecular complexity index is 501. The van der Waals surface area contributed by atoms with Gasteiger partial charge in [-0.25, -0.2) is 0 Å². The van der Waals surface area contributed by atoms with E-state index < -0.39 is 22.3 Å². The molecule has 1 fully saturated rings. The van der Waals surface area contributed by atoms with Gasteiger partial charge in [-0.2, -0.15) is 4.39 Å². The molecular weight excluding hydrogens is 255 g/mol. The molecule has 0 bridgehead atoms. The maximum absolute atomic E-state index is 13.4. The fourth-order valence-electron chi connectivity index (χ4n) is 1.88. The molecule has 0 aliphatic carbocycles. The van der Waals surface area contributed by atoms with Crippen LogP contribution in [0.3, 0.4) is 0 Å². The summed E-state index contributed by atoms with van der Waals surface area (Å²) >= 11 is 0. The number of carbonyl (C=O) groups excluding carboxylic acids is 1. The van der Waals surface area contributed by atoms with Gasteiger partial charge in [-0.3, -0.25) is 14.9 Å². The van der Waals surface area contributed by atoms with Gasteiger partial charge < -0.3 is 10.1 Å². The third-order valence-corrected chi connectivity index (χ3v) is 2.98. The van der Waals surface area contributed by atoms with Crippen molar-refractivity contribution < 1.29 is 18.8 Å². The molecule has 1 N–H and O–H groups in total. The predicted molar refractivity (Wildman–Crippen MR) is 64.3 cm³/mol. The Morgan fingerprint density at radius 3 is 2.95 bits per heavy atom. The first-order chi connectivity index (χ1) is 9.08. The lowest BCUT2D eigenvalue weighted by Crippen LogP contribution is -2.29. The quantitative estimate of drug-likeness (QED) is 0.662. The van der Waals surface area contributed by atoms with Crippen molar-refractivity contribution in [3.05, 3.63) is 39.7 Å². The number of amides is 1. The lowest BCUT2D eigenvalue weighted by atomic mass is 10.1.